The van der Waals surface area contributed by atoms with E-state index in [1.807, 2.05) is 0 Å². The fourth-order valence-electron chi connectivity index (χ4n) is 2.15. The summed E-state index contributed by atoms with van der Waals surface area (Å²) in [6, 6.07) is 9.65. The van der Waals surface area contributed by atoms with E-state index in [9.17, 15) is 8.78 Å². The molecular weight excluding hydrogens is 280 g/mol. The molecule has 0 saturated heterocycles. The Hall–Kier alpha value is -1.45. The molecule has 1 aliphatic carbocycles. The van der Waals surface area contributed by atoms with E-state index < -0.39 is 5.82 Å². The van der Waals surface area contributed by atoms with E-state index in [1.54, 1.807) is 18.2 Å². The number of hydrogen-bond acceptors (Lipinski definition) is 1. The summed E-state index contributed by atoms with van der Waals surface area (Å²) in [6.45, 7) is 0.493. The Morgan fingerprint density at radius 1 is 1.05 bits per heavy atom. The summed E-state index contributed by atoms with van der Waals surface area (Å²) in [5, 5.41) is 3.61. The zero-order valence-corrected chi connectivity index (χ0v) is 11.6. The molecule has 2 aromatic rings. The molecule has 20 heavy (non-hydrogen) atoms. The van der Waals surface area contributed by atoms with Crippen molar-refractivity contribution in [3.05, 3.63) is 58.6 Å². The second-order valence-electron chi connectivity index (χ2n) is 5.12. The lowest BCUT2D eigenvalue weighted by Gasteiger charge is -2.09. The quantitative estimate of drug-likeness (QED) is 0.873. The number of hydrogen-bond donors (Lipinski definition) is 1. The molecule has 1 fully saturated rings. The van der Waals surface area contributed by atoms with Crippen LogP contribution >= 0.6 is 11.6 Å². The van der Waals surface area contributed by atoms with Gasteiger partial charge >= 0.3 is 0 Å². The zero-order chi connectivity index (χ0) is 14.1. The van der Waals surface area contributed by atoms with Crippen molar-refractivity contribution in [1.29, 1.82) is 0 Å². The Balaban J connectivity index is 1.90. The Bertz CT molecular complexity index is 618. The summed E-state index contributed by atoms with van der Waals surface area (Å²) in [4.78, 5) is 0. The summed E-state index contributed by atoms with van der Waals surface area (Å²) in [5.74, 6) is -0.640. The van der Waals surface area contributed by atoms with Gasteiger partial charge in [0.2, 0.25) is 0 Å². The van der Waals surface area contributed by atoms with E-state index in [4.69, 9.17) is 11.6 Å². The van der Waals surface area contributed by atoms with Crippen molar-refractivity contribution in [2.24, 2.45) is 0 Å². The monoisotopic (exact) mass is 293 g/mol. The zero-order valence-electron chi connectivity index (χ0n) is 10.8. The van der Waals surface area contributed by atoms with Gasteiger partial charge in [-0.3, -0.25) is 0 Å². The molecule has 1 nitrogen and oxygen atoms in total. The molecule has 4 heteroatoms. The van der Waals surface area contributed by atoms with Gasteiger partial charge < -0.3 is 5.32 Å². The molecule has 1 saturated carbocycles. The Morgan fingerprint density at radius 2 is 1.85 bits per heavy atom. The van der Waals surface area contributed by atoms with Crippen molar-refractivity contribution in [3.8, 4) is 11.1 Å². The minimum Gasteiger partial charge on any atom is -0.310 e. The minimum atomic E-state index is -0.394. The van der Waals surface area contributed by atoms with E-state index in [0.717, 1.165) is 18.4 Å². The van der Waals surface area contributed by atoms with Gasteiger partial charge in [0.15, 0.2) is 0 Å². The van der Waals surface area contributed by atoms with Gasteiger partial charge in [-0.15, -0.1) is 0 Å². The van der Waals surface area contributed by atoms with Gasteiger partial charge in [0.1, 0.15) is 11.6 Å². The highest BCUT2D eigenvalue weighted by Gasteiger charge is 2.20. The fraction of sp³-hybridized carbons (Fsp3) is 0.250. The molecule has 0 bridgehead atoms. The van der Waals surface area contributed by atoms with E-state index >= 15 is 0 Å². The lowest BCUT2D eigenvalue weighted by Crippen LogP contribution is -2.16. The first kappa shape index (κ1) is 13.5. The second kappa shape index (κ2) is 5.51. The van der Waals surface area contributed by atoms with Gasteiger partial charge in [-0.25, -0.2) is 8.78 Å². The summed E-state index contributed by atoms with van der Waals surface area (Å²) in [5.41, 5.74) is 2.01. The minimum absolute atomic E-state index is 0.246. The van der Waals surface area contributed by atoms with Crippen LogP contribution in [0.5, 0.6) is 0 Å². The first-order valence-electron chi connectivity index (χ1n) is 6.60. The highest BCUT2D eigenvalue weighted by Crippen LogP contribution is 2.27. The van der Waals surface area contributed by atoms with Gasteiger partial charge in [0.25, 0.3) is 0 Å². The van der Waals surface area contributed by atoms with Crippen LogP contribution in [-0.2, 0) is 6.54 Å². The third-order valence-corrected chi connectivity index (χ3v) is 3.62. The van der Waals surface area contributed by atoms with Crippen LogP contribution in [0.4, 0.5) is 8.78 Å². The molecule has 1 aliphatic rings. The van der Waals surface area contributed by atoms with E-state index in [1.165, 1.54) is 18.2 Å². The SMILES string of the molecule is Fc1cc(Cl)cc(-c2ccc(F)c(CNC3CC3)c2)c1. The lowest BCUT2D eigenvalue weighted by atomic mass is 10.0. The smallest absolute Gasteiger partial charge is 0.127 e. The third-order valence-electron chi connectivity index (χ3n) is 3.40. The van der Waals surface area contributed by atoms with Crippen LogP contribution in [-0.4, -0.2) is 6.04 Å². The summed E-state index contributed by atoms with van der Waals surface area (Å²) < 4.78 is 27.2. The molecule has 0 amide bonds. The van der Waals surface area contributed by atoms with Crippen molar-refractivity contribution in [3.63, 3.8) is 0 Å². The number of halogens is 3. The molecule has 0 heterocycles. The number of benzene rings is 2. The Morgan fingerprint density at radius 3 is 2.55 bits per heavy atom. The first-order chi connectivity index (χ1) is 9.61. The van der Waals surface area contributed by atoms with Crippen molar-refractivity contribution in [2.45, 2.75) is 25.4 Å². The summed E-state index contributed by atoms with van der Waals surface area (Å²) in [6.07, 6.45) is 2.31. The van der Waals surface area contributed by atoms with Gasteiger partial charge in [-0.05, 0) is 54.3 Å². The highest BCUT2D eigenvalue weighted by molar-refractivity contribution is 6.30. The summed E-state index contributed by atoms with van der Waals surface area (Å²) >= 11 is 5.86. The van der Waals surface area contributed by atoms with Crippen molar-refractivity contribution >= 4 is 11.6 Å². The van der Waals surface area contributed by atoms with Gasteiger partial charge in [0.05, 0.1) is 0 Å². The third kappa shape index (κ3) is 3.17. The largest absolute Gasteiger partial charge is 0.310 e. The molecule has 0 unspecified atom stereocenters. The van der Waals surface area contributed by atoms with E-state index in [0.29, 0.717) is 28.7 Å². The number of nitrogens with one attached hydrogen (secondary N) is 1. The topological polar surface area (TPSA) is 12.0 Å². The Kier molecular flexibility index (Phi) is 3.72. The predicted octanol–water partition coefficient (Wildman–Crippen LogP) is 4.54. The van der Waals surface area contributed by atoms with Crippen molar-refractivity contribution in [1.82, 2.24) is 5.32 Å². The van der Waals surface area contributed by atoms with Gasteiger partial charge in [0, 0.05) is 23.2 Å². The molecule has 0 atom stereocenters. The highest BCUT2D eigenvalue weighted by atomic mass is 35.5. The maximum Gasteiger partial charge on any atom is 0.127 e. The molecule has 0 aliphatic heterocycles. The summed E-state index contributed by atoms with van der Waals surface area (Å²) in [7, 11) is 0. The van der Waals surface area contributed by atoms with E-state index in [2.05, 4.69) is 5.32 Å². The molecule has 0 radical (unpaired) electrons. The van der Waals surface area contributed by atoms with Crippen LogP contribution in [0.15, 0.2) is 36.4 Å². The average molecular weight is 294 g/mol. The van der Waals surface area contributed by atoms with Crippen LogP contribution in [0.2, 0.25) is 5.02 Å². The van der Waals surface area contributed by atoms with Gasteiger partial charge in [-0.1, -0.05) is 17.7 Å². The van der Waals surface area contributed by atoms with Crippen LogP contribution in [0, 0.1) is 11.6 Å². The maximum absolute atomic E-state index is 13.8. The van der Waals surface area contributed by atoms with Crippen LogP contribution < -0.4 is 5.32 Å². The predicted molar refractivity (Wildman–Crippen MR) is 76.7 cm³/mol. The molecular formula is C16H14ClF2N. The lowest BCUT2D eigenvalue weighted by molar-refractivity contribution is 0.587. The molecule has 1 N–H and O–H groups in total. The van der Waals surface area contributed by atoms with Crippen LogP contribution in [0.25, 0.3) is 11.1 Å². The first-order valence-corrected chi connectivity index (χ1v) is 6.98. The van der Waals surface area contributed by atoms with Crippen LogP contribution in [0.1, 0.15) is 18.4 Å². The molecule has 0 spiro atoms. The number of rotatable bonds is 4. The maximum atomic E-state index is 13.8. The normalized spacial score (nSPS) is 14.6. The van der Waals surface area contributed by atoms with E-state index in [-0.39, 0.29) is 5.82 Å². The molecule has 104 valence electrons. The van der Waals surface area contributed by atoms with Crippen molar-refractivity contribution < 1.29 is 8.78 Å². The molecule has 2 aromatic carbocycles. The average Bonchev–Trinajstić information content (AvgIpc) is 3.20. The standard InChI is InChI=1S/C16H14ClF2N/c17-13-6-11(7-14(18)8-13)10-1-4-16(19)12(5-10)9-20-15-2-3-15/h1,4-8,15,20H,2-3,9H2. The van der Waals surface area contributed by atoms with Gasteiger partial charge in [-0.2, -0.15) is 0 Å². The second-order valence-corrected chi connectivity index (χ2v) is 5.56. The fourth-order valence-corrected chi connectivity index (χ4v) is 2.37. The van der Waals surface area contributed by atoms with Crippen LogP contribution in [0.3, 0.4) is 0 Å². The molecule has 0 aromatic heterocycles. The Labute approximate surface area is 121 Å². The molecule has 3 rings (SSSR count). The van der Waals surface area contributed by atoms with Crippen molar-refractivity contribution in [2.75, 3.05) is 0 Å².